The third-order valence-corrected chi connectivity index (χ3v) is 4.20. The van der Waals surface area contributed by atoms with Crippen molar-refractivity contribution in [3.05, 3.63) is 70.3 Å². The van der Waals surface area contributed by atoms with Gasteiger partial charge in [0, 0.05) is 5.56 Å². The first-order chi connectivity index (χ1) is 10.2. The molecule has 2 aromatic carbocycles. The zero-order chi connectivity index (χ0) is 14.8. The molecule has 1 aliphatic carbocycles. The van der Waals surface area contributed by atoms with E-state index in [1.807, 2.05) is 6.07 Å². The molecular weight excluding hydrogens is 270 g/mol. The number of hydrogen-bond donors (Lipinski definition) is 2. The lowest BCUT2D eigenvalue weighted by Crippen LogP contribution is -2.30. The number of halogens is 2. The molecule has 110 valence electrons. The topological polar surface area (TPSA) is 38.0 Å². The van der Waals surface area contributed by atoms with Crippen LogP contribution in [-0.2, 0) is 19.3 Å². The van der Waals surface area contributed by atoms with Crippen LogP contribution in [0.25, 0.3) is 0 Å². The maximum Gasteiger partial charge on any atom is 0.129 e. The van der Waals surface area contributed by atoms with Gasteiger partial charge >= 0.3 is 0 Å². The van der Waals surface area contributed by atoms with Crippen LogP contribution in [0, 0.1) is 11.6 Å². The number of benzene rings is 2. The first-order valence-electron chi connectivity index (χ1n) is 7.19. The quantitative estimate of drug-likeness (QED) is 0.670. The van der Waals surface area contributed by atoms with Gasteiger partial charge in [-0.3, -0.25) is 11.3 Å². The van der Waals surface area contributed by atoms with Gasteiger partial charge in [-0.05, 0) is 54.5 Å². The molecule has 0 bridgehead atoms. The average Bonchev–Trinajstić information content (AvgIpc) is 2.94. The van der Waals surface area contributed by atoms with Crippen LogP contribution in [0.15, 0.2) is 36.4 Å². The maximum absolute atomic E-state index is 13.8. The minimum Gasteiger partial charge on any atom is -0.271 e. The number of rotatable bonds is 4. The number of aryl methyl sites for hydroxylation is 2. The molecule has 1 unspecified atom stereocenters. The molecule has 1 atom stereocenters. The van der Waals surface area contributed by atoms with Crippen molar-refractivity contribution in [3.8, 4) is 0 Å². The van der Waals surface area contributed by atoms with Crippen LogP contribution in [0.2, 0.25) is 0 Å². The molecule has 0 aliphatic heterocycles. The molecule has 1 aliphatic rings. The van der Waals surface area contributed by atoms with Crippen LogP contribution in [-0.4, -0.2) is 0 Å². The smallest absolute Gasteiger partial charge is 0.129 e. The van der Waals surface area contributed by atoms with E-state index in [2.05, 4.69) is 17.6 Å². The third-order valence-electron chi connectivity index (χ3n) is 4.20. The third kappa shape index (κ3) is 2.82. The minimum atomic E-state index is -0.531. The Kier molecular flexibility index (Phi) is 3.99. The Bertz CT molecular complexity index is 635. The molecule has 0 amide bonds. The number of hydrogen-bond acceptors (Lipinski definition) is 2. The van der Waals surface area contributed by atoms with E-state index in [9.17, 15) is 8.78 Å². The second-order valence-electron chi connectivity index (χ2n) is 5.51. The Morgan fingerprint density at radius 1 is 1.05 bits per heavy atom. The second-order valence-corrected chi connectivity index (χ2v) is 5.51. The SMILES string of the molecule is NNC(Cc1c(F)cccc1F)c1ccc2c(c1)CCC2. The van der Waals surface area contributed by atoms with Crippen LogP contribution in [0.4, 0.5) is 8.78 Å². The predicted molar refractivity (Wildman–Crippen MR) is 78.6 cm³/mol. The van der Waals surface area contributed by atoms with E-state index >= 15 is 0 Å². The Morgan fingerprint density at radius 3 is 2.48 bits per heavy atom. The molecule has 4 heteroatoms. The van der Waals surface area contributed by atoms with Crippen molar-refractivity contribution in [3.63, 3.8) is 0 Å². The molecule has 0 heterocycles. The van der Waals surface area contributed by atoms with Gasteiger partial charge in [-0.1, -0.05) is 24.3 Å². The fourth-order valence-corrected chi connectivity index (χ4v) is 3.01. The van der Waals surface area contributed by atoms with Crippen molar-refractivity contribution < 1.29 is 8.78 Å². The standard InChI is InChI=1S/C17H18F2N2/c18-15-5-2-6-16(19)14(15)10-17(21-20)13-8-7-11-3-1-4-12(11)9-13/h2,5-9,17,21H,1,3-4,10,20H2. The van der Waals surface area contributed by atoms with Gasteiger partial charge in [0.15, 0.2) is 0 Å². The van der Waals surface area contributed by atoms with Crippen LogP contribution < -0.4 is 11.3 Å². The summed E-state index contributed by atoms with van der Waals surface area (Å²) in [6, 6.07) is 9.80. The highest BCUT2D eigenvalue weighted by Crippen LogP contribution is 2.27. The molecule has 0 saturated heterocycles. The summed E-state index contributed by atoms with van der Waals surface area (Å²) in [6.45, 7) is 0. The Labute approximate surface area is 122 Å². The molecule has 2 nitrogen and oxygen atoms in total. The van der Waals surface area contributed by atoms with Gasteiger partial charge in [0.1, 0.15) is 11.6 Å². The summed E-state index contributed by atoms with van der Waals surface area (Å²) in [6.07, 6.45) is 3.53. The van der Waals surface area contributed by atoms with E-state index in [1.165, 1.54) is 35.7 Å². The number of hydrazine groups is 1. The lowest BCUT2D eigenvalue weighted by molar-refractivity contribution is 0.500. The summed E-state index contributed by atoms with van der Waals surface area (Å²) in [5.41, 5.74) is 6.41. The number of fused-ring (bicyclic) bond motifs is 1. The largest absolute Gasteiger partial charge is 0.271 e. The van der Waals surface area contributed by atoms with Crippen molar-refractivity contribution in [2.45, 2.75) is 31.7 Å². The fourth-order valence-electron chi connectivity index (χ4n) is 3.01. The van der Waals surface area contributed by atoms with Gasteiger partial charge in [-0.15, -0.1) is 0 Å². The van der Waals surface area contributed by atoms with Gasteiger partial charge < -0.3 is 0 Å². The van der Waals surface area contributed by atoms with Crippen molar-refractivity contribution in [1.82, 2.24) is 5.43 Å². The molecule has 3 N–H and O–H groups in total. The molecular formula is C17H18F2N2. The van der Waals surface area contributed by atoms with Gasteiger partial charge in [-0.25, -0.2) is 8.78 Å². The maximum atomic E-state index is 13.8. The van der Waals surface area contributed by atoms with Gasteiger partial charge in [0.05, 0.1) is 6.04 Å². The molecule has 21 heavy (non-hydrogen) atoms. The Balaban J connectivity index is 1.89. The lowest BCUT2D eigenvalue weighted by Gasteiger charge is -2.18. The molecule has 3 rings (SSSR count). The highest BCUT2D eigenvalue weighted by atomic mass is 19.1. The second kappa shape index (κ2) is 5.92. The van der Waals surface area contributed by atoms with Crippen molar-refractivity contribution in [2.24, 2.45) is 5.84 Å². The highest BCUT2D eigenvalue weighted by Gasteiger charge is 2.19. The monoisotopic (exact) mass is 288 g/mol. The number of nitrogens with one attached hydrogen (secondary N) is 1. The molecule has 0 aromatic heterocycles. The van der Waals surface area contributed by atoms with E-state index in [4.69, 9.17) is 5.84 Å². The average molecular weight is 288 g/mol. The minimum absolute atomic E-state index is 0.0703. The van der Waals surface area contributed by atoms with E-state index < -0.39 is 11.6 Å². The first-order valence-corrected chi connectivity index (χ1v) is 7.19. The van der Waals surface area contributed by atoms with Gasteiger partial charge in [0.25, 0.3) is 0 Å². The summed E-state index contributed by atoms with van der Waals surface area (Å²) in [5.74, 6) is 4.54. The predicted octanol–water partition coefficient (Wildman–Crippen LogP) is 3.20. The summed E-state index contributed by atoms with van der Waals surface area (Å²) >= 11 is 0. The Hall–Kier alpha value is -1.78. The van der Waals surface area contributed by atoms with Crippen LogP contribution in [0.3, 0.4) is 0 Å². The zero-order valence-corrected chi connectivity index (χ0v) is 11.7. The normalized spacial score (nSPS) is 15.0. The summed E-state index contributed by atoms with van der Waals surface area (Å²) in [4.78, 5) is 0. The molecule has 0 saturated carbocycles. The van der Waals surface area contributed by atoms with Crippen LogP contribution in [0.5, 0.6) is 0 Å². The fraction of sp³-hybridized carbons (Fsp3) is 0.294. The lowest BCUT2D eigenvalue weighted by atomic mass is 9.96. The molecule has 0 fully saturated rings. The summed E-state index contributed by atoms with van der Waals surface area (Å²) in [5, 5.41) is 0. The van der Waals surface area contributed by atoms with Gasteiger partial charge in [-0.2, -0.15) is 0 Å². The zero-order valence-electron chi connectivity index (χ0n) is 11.7. The van der Waals surface area contributed by atoms with E-state index in [0.29, 0.717) is 0 Å². The van der Waals surface area contributed by atoms with Crippen molar-refractivity contribution in [2.75, 3.05) is 0 Å². The first kappa shape index (κ1) is 14.2. The molecule has 2 aromatic rings. The summed E-state index contributed by atoms with van der Waals surface area (Å²) < 4.78 is 27.5. The van der Waals surface area contributed by atoms with Crippen molar-refractivity contribution in [1.29, 1.82) is 0 Å². The van der Waals surface area contributed by atoms with Gasteiger partial charge in [0.2, 0.25) is 0 Å². The van der Waals surface area contributed by atoms with E-state index in [1.54, 1.807) is 0 Å². The van der Waals surface area contributed by atoms with Crippen molar-refractivity contribution >= 4 is 0 Å². The highest BCUT2D eigenvalue weighted by molar-refractivity contribution is 5.37. The van der Waals surface area contributed by atoms with E-state index in [-0.39, 0.29) is 18.0 Å². The summed E-state index contributed by atoms with van der Waals surface area (Å²) in [7, 11) is 0. The Morgan fingerprint density at radius 2 is 1.76 bits per heavy atom. The van der Waals surface area contributed by atoms with E-state index in [0.717, 1.165) is 18.4 Å². The molecule has 0 radical (unpaired) electrons. The van der Waals surface area contributed by atoms with Crippen LogP contribution in [0.1, 0.15) is 34.7 Å². The molecule has 0 spiro atoms. The number of nitrogens with two attached hydrogens (primary N) is 1. The van der Waals surface area contributed by atoms with Crippen LogP contribution >= 0.6 is 0 Å².